The third kappa shape index (κ3) is 4.81. The van der Waals surface area contributed by atoms with Crippen LogP contribution in [0.25, 0.3) is 0 Å². The van der Waals surface area contributed by atoms with Crippen LogP contribution in [0.15, 0.2) is 24.3 Å². The number of halogens is 2. The lowest BCUT2D eigenvalue weighted by atomic mass is 9.95. The Kier molecular flexibility index (Phi) is 5.73. The van der Waals surface area contributed by atoms with Crippen molar-refractivity contribution in [3.05, 3.63) is 24.3 Å². The smallest absolute Gasteiger partial charge is 0.387 e. The van der Waals surface area contributed by atoms with Gasteiger partial charge in [0, 0.05) is 18.8 Å². The van der Waals surface area contributed by atoms with Gasteiger partial charge >= 0.3 is 6.61 Å². The Morgan fingerprint density at radius 1 is 1.24 bits per heavy atom. The van der Waals surface area contributed by atoms with Crippen molar-refractivity contribution in [3.8, 4) is 5.75 Å². The first-order chi connectivity index (χ1) is 10.1. The Labute approximate surface area is 129 Å². The van der Waals surface area contributed by atoms with E-state index in [1.165, 1.54) is 44.2 Å². The van der Waals surface area contributed by atoms with Crippen molar-refractivity contribution < 1.29 is 13.5 Å². The van der Waals surface area contributed by atoms with E-state index in [2.05, 4.69) is 15.0 Å². The second-order valence-electron chi connectivity index (χ2n) is 5.24. The summed E-state index contributed by atoms with van der Waals surface area (Å²) in [5.41, 5.74) is 0.768. The molecule has 3 nitrogen and oxygen atoms in total. The molecule has 1 fully saturated rings. The summed E-state index contributed by atoms with van der Waals surface area (Å²) >= 11 is 5.41. The van der Waals surface area contributed by atoms with Crippen molar-refractivity contribution in [2.24, 2.45) is 0 Å². The van der Waals surface area contributed by atoms with Gasteiger partial charge in [0.2, 0.25) is 0 Å². The van der Waals surface area contributed by atoms with E-state index in [-0.39, 0.29) is 5.75 Å². The van der Waals surface area contributed by atoms with E-state index in [1.54, 1.807) is 12.1 Å². The second kappa shape index (κ2) is 7.54. The standard InChI is InChI=1S/C15H20F2N2OS/c1-19(12-5-3-2-4-6-12)15(21)18-11-7-9-13(10-8-11)20-14(16)17/h7-10,12,14H,2-6H2,1H3,(H,18,21). The van der Waals surface area contributed by atoms with E-state index >= 15 is 0 Å². The predicted octanol–water partition coefficient (Wildman–Crippen LogP) is 4.25. The third-order valence-electron chi connectivity index (χ3n) is 3.77. The average molecular weight is 314 g/mol. The molecule has 0 aliphatic heterocycles. The van der Waals surface area contributed by atoms with Gasteiger partial charge in [-0.15, -0.1) is 0 Å². The van der Waals surface area contributed by atoms with Crippen molar-refractivity contribution in [2.75, 3.05) is 12.4 Å². The highest BCUT2D eigenvalue weighted by Crippen LogP contribution is 2.23. The Bertz CT molecular complexity index is 461. The minimum atomic E-state index is -2.80. The molecule has 21 heavy (non-hydrogen) atoms. The van der Waals surface area contributed by atoms with E-state index in [0.717, 1.165) is 5.69 Å². The van der Waals surface area contributed by atoms with Gasteiger partial charge in [0.05, 0.1) is 0 Å². The molecule has 1 aliphatic rings. The molecule has 0 bridgehead atoms. The molecule has 1 aromatic carbocycles. The number of rotatable bonds is 4. The molecule has 0 spiro atoms. The largest absolute Gasteiger partial charge is 0.435 e. The molecule has 1 aromatic rings. The minimum Gasteiger partial charge on any atom is -0.435 e. The van der Waals surface area contributed by atoms with Crippen molar-refractivity contribution in [2.45, 2.75) is 44.8 Å². The molecule has 6 heteroatoms. The number of nitrogens with zero attached hydrogens (tertiary/aromatic N) is 1. The van der Waals surface area contributed by atoms with Crippen LogP contribution < -0.4 is 10.1 Å². The second-order valence-corrected chi connectivity index (χ2v) is 5.62. The number of nitrogens with one attached hydrogen (secondary N) is 1. The zero-order chi connectivity index (χ0) is 15.2. The van der Waals surface area contributed by atoms with Gasteiger partial charge < -0.3 is 15.0 Å². The minimum absolute atomic E-state index is 0.141. The molecule has 0 saturated heterocycles. The molecule has 0 amide bonds. The van der Waals surface area contributed by atoms with Crippen LogP contribution in [0.4, 0.5) is 14.5 Å². The number of alkyl halides is 2. The quantitative estimate of drug-likeness (QED) is 0.840. The monoisotopic (exact) mass is 314 g/mol. The molecule has 0 atom stereocenters. The Morgan fingerprint density at radius 3 is 2.43 bits per heavy atom. The molecule has 1 saturated carbocycles. The number of hydrogen-bond donors (Lipinski definition) is 1. The molecule has 0 radical (unpaired) electrons. The van der Waals surface area contributed by atoms with Gasteiger partial charge in [-0.3, -0.25) is 0 Å². The highest BCUT2D eigenvalue weighted by atomic mass is 32.1. The van der Waals surface area contributed by atoms with Crippen molar-refractivity contribution in [1.82, 2.24) is 4.90 Å². The SMILES string of the molecule is CN(C(=S)Nc1ccc(OC(F)F)cc1)C1CCCCC1. The van der Waals surface area contributed by atoms with Crippen LogP contribution in [0.3, 0.4) is 0 Å². The van der Waals surface area contributed by atoms with E-state index in [0.29, 0.717) is 11.2 Å². The molecule has 0 heterocycles. The Morgan fingerprint density at radius 2 is 1.86 bits per heavy atom. The maximum Gasteiger partial charge on any atom is 0.387 e. The molecular formula is C15H20F2N2OS. The van der Waals surface area contributed by atoms with Gasteiger partial charge in [0.1, 0.15) is 5.75 Å². The number of benzene rings is 1. The summed E-state index contributed by atoms with van der Waals surface area (Å²) in [7, 11) is 2.00. The van der Waals surface area contributed by atoms with Crippen LogP contribution in [0.1, 0.15) is 32.1 Å². The number of anilines is 1. The summed E-state index contributed by atoms with van der Waals surface area (Å²) in [6.45, 7) is -2.80. The van der Waals surface area contributed by atoms with Crippen LogP contribution in [0.2, 0.25) is 0 Å². The van der Waals surface area contributed by atoms with Crippen molar-refractivity contribution in [1.29, 1.82) is 0 Å². The fourth-order valence-electron chi connectivity index (χ4n) is 2.57. The highest BCUT2D eigenvalue weighted by Gasteiger charge is 2.19. The normalized spacial score (nSPS) is 15.8. The molecule has 0 unspecified atom stereocenters. The van der Waals surface area contributed by atoms with Gasteiger partial charge in [-0.05, 0) is 49.3 Å². The van der Waals surface area contributed by atoms with Crippen molar-refractivity contribution >= 4 is 23.0 Å². The zero-order valence-electron chi connectivity index (χ0n) is 12.0. The highest BCUT2D eigenvalue weighted by molar-refractivity contribution is 7.80. The Balaban J connectivity index is 1.89. The number of thiocarbonyl (C=S) groups is 1. The average Bonchev–Trinajstić information content (AvgIpc) is 2.49. The van der Waals surface area contributed by atoms with Crippen molar-refractivity contribution in [3.63, 3.8) is 0 Å². The first-order valence-corrected chi connectivity index (χ1v) is 7.56. The van der Waals surface area contributed by atoms with E-state index in [9.17, 15) is 8.78 Å². The summed E-state index contributed by atoms with van der Waals surface area (Å²) in [5, 5.41) is 3.79. The predicted molar refractivity (Wildman–Crippen MR) is 83.9 cm³/mol. The molecule has 116 valence electrons. The van der Waals surface area contributed by atoms with E-state index in [1.807, 2.05) is 7.05 Å². The van der Waals surface area contributed by atoms with Gasteiger partial charge in [-0.1, -0.05) is 19.3 Å². The van der Waals surface area contributed by atoms with Crippen LogP contribution in [0, 0.1) is 0 Å². The maximum atomic E-state index is 12.1. The lowest BCUT2D eigenvalue weighted by Crippen LogP contribution is -2.40. The zero-order valence-corrected chi connectivity index (χ0v) is 12.8. The summed E-state index contributed by atoms with van der Waals surface area (Å²) in [6.07, 6.45) is 6.13. The van der Waals surface area contributed by atoms with Crippen LogP contribution in [0.5, 0.6) is 5.75 Å². The molecule has 2 rings (SSSR count). The fraction of sp³-hybridized carbons (Fsp3) is 0.533. The summed E-state index contributed by atoms with van der Waals surface area (Å²) in [4.78, 5) is 2.10. The fourth-order valence-corrected chi connectivity index (χ4v) is 2.83. The lowest BCUT2D eigenvalue weighted by Gasteiger charge is -2.33. The number of hydrogen-bond acceptors (Lipinski definition) is 2. The topological polar surface area (TPSA) is 24.5 Å². The molecule has 1 aliphatic carbocycles. The molecule has 0 aromatic heterocycles. The Hall–Kier alpha value is -1.43. The van der Waals surface area contributed by atoms with E-state index < -0.39 is 6.61 Å². The van der Waals surface area contributed by atoms with Gasteiger partial charge in [0.15, 0.2) is 5.11 Å². The lowest BCUT2D eigenvalue weighted by molar-refractivity contribution is -0.0498. The summed E-state index contributed by atoms with van der Waals surface area (Å²) < 4.78 is 28.5. The van der Waals surface area contributed by atoms with Crippen LogP contribution >= 0.6 is 12.2 Å². The first-order valence-electron chi connectivity index (χ1n) is 7.15. The van der Waals surface area contributed by atoms with Crippen LogP contribution in [-0.2, 0) is 0 Å². The van der Waals surface area contributed by atoms with Crippen LogP contribution in [-0.4, -0.2) is 29.7 Å². The maximum absolute atomic E-state index is 12.1. The third-order valence-corrected chi connectivity index (χ3v) is 4.16. The van der Waals surface area contributed by atoms with Gasteiger partial charge in [0.25, 0.3) is 0 Å². The molecular weight excluding hydrogens is 294 g/mol. The first kappa shape index (κ1) is 15.9. The summed E-state index contributed by atoms with van der Waals surface area (Å²) in [6, 6.07) is 6.84. The summed E-state index contributed by atoms with van der Waals surface area (Å²) in [5.74, 6) is 0.141. The van der Waals surface area contributed by atoms with Gasteiger partial charge in [-0.2, -0.15) is 8.78 Å². The number of ether oxygens (including phenoxy) is 1. The van der Waals surface area contributed by atoms with E-state index in [4.69, 9.17) is 12.2 Å². The van der Waals surface area contributed by atoms with Gasteiger partial charge in [-0.25, -0.2) is 0 Å². The molecule has 1 N–H and O–H groups in total.